The first-order chi connectivity index (χ1) is 43.6. The van der Waals surface area contributed by atoms with Crippen molar-refractivity contribution in [2.24, 2.45) is 45.3 Å². The number of nitrogens with zero attached hydrogens (tertiary/aromatic N) is 6. The summed E-state index contributed by atoms with van der Waals surface area (Å²) >= 11 is 0. The fraction of sp³-hybridized carbons (Fsp3) is 0.294. The first kappa shape index (κ1) is 59.9. The van der Waals surface area contributed by atoms with Crippen molar-refractivity contribution in [2.45, 2.75) is 79.1 Å². The van der Waals surface area contributed by atoms with Crippen LogP contribution in [-0.4, -0.2) is 63.5 Å². The minimum Gasteiger partial charge on any atom is -0.426 e. The molecule has 4 aliphatic carbocycles. The number of rotatable bonds is 16. The Kier molecular flexibility index (Phi) is 13.9. The Hall–Kier alpha value is -11.0. The van der Waals surface area contributed by atoms with Gasteiger partial charge in [-0.2, -0.15) is 0 Å². The van der Waals surface area contributed by atoms with Crippen LogP contribution < -0.4 is 18.9 Å². The number of aromatic amines is 2. The molecule has 2 aliphatic heterocycles. The largest absolute Gasteiger partial charge is 0.426 e. The van der Waals surface area contributed by atoms with Crippen molar-refractivity contribution in [1.82, 2.24) is 19.9 Å². The van der Waals surface area contributed by atoms with E-state index < -0.39 is 113 Å². The summed E-state index contributed by atoms with van der Waals surface area (Å²) in [5, 5.41) is 46.1. The van der Waals surface area contributed by atoms with E-state index in [2.05, 4.69) is 9.97 Å². The number of nitro benzene ring substituents is 4. The maximum atomic E-state index is 14.5. The molecular formula is C68H58N8O16. The molecule has 24 nitrogen and oxygen atoms in total. The topological polar surface area (TPSA) is 335 Å². The lowest BCUT2D eigenvalue weighted by molar-refractivity contribution is -0.385. The Morgan fingerprint density at radius 3 is 0.783 bits per heavy atom. The number of carbonyl (C=O) groups is 4. The standard InChI is InChI=1S/C68H58N8O16/c1-65(2)53(57(65)61(77)89-37-17-9-33(10-18-37)73(81)82)49-41-25-27-43(69-41)50(54-58(66(54,3)4)62(78)90-38-19-11-34(12-20-38)74(83)84)45-29-31-47(71-45)52(56-60(68(56,7)8)64(80)92-40-23-15-36(16-24-40)76(87)88)48-32-30-46(72-48)51(44-28-26-42(49)70-44)55-59(67(55,5)6)63(79)91-39-21-13-35(14-22-39)75(85)86/h9-32,53-60,69-70H,1-8H3. The predicted molar refractivity (Wildman–Crippen MR) is 334 cm³/mol. The number of nitrogens with one attached hydrogen (secondary N) is 2. The monoisotopic (exact) mass is 1240 g/mol. The molecule has 6 aliphatic rings. The highest BCUT2D eigenvalue weighted by Crippen LogP contribution is 2.70. The molecule has 4 saturated carbocycles. The highest BCUT2D eigenvalue weighted by molar-refractivity contribution is 5.92. The van der Waals surface area contributed by atoms with Crippen LogP contribution in [0.25, 0.3) is 46.4 Å². The van der Waals surface area contributed by atoms with Crippen molar-refractivity contribution < 1.29 is 57.8 Å². The van der Waals surface area contributed by atoms with Crippen LogP contribution in [0.5, 0.6) is 23.0 Å². The summed E-state index contributed by atoms with van der Waals surface area (Å²) in [6.45, 7) is 15.5. The highest BCUT2D eigenvalue weighted by Gasteiger charge is 2.68. The molecule has 13 rings (SSSR count). The Bertz CT molecular complexity index is 4430. The normalized spacial score (nSPS) is 22.7. The van der Waals surface area contributed by atoms with Crippen LogP contribution in [0.4, 0.5) is 22.7 Å². The zero-order chi connectivity index (χ0) is 65.4. The van der Waals surface area contributed by atoms with Gasteiger partial charge in [-0.1, -0.05) is 55.4 Å². The van der Waals surface area contributed by atoms with Crippen molar-refractivity contribution >= 4 is 93.0 Å². The van der Waals surface area contributed by atoms with Gasteiger partial charge >= 0.3 is 23.9 Å². The molecule has 8 bridgehead atoms. The SMILES string of the molecule is CC1(C)C(C(=O)Oc2ccc([N+](=O)[O-])cc2)C1c1c2nc(c(C3C(C(=O)Oc4ccc([N+](=O)[O-])cc4)C3(C)C)c3ccc([nH]3)c(C3C(C(=O)Oc4ccc([N+](=O)[O-])cc4)C3(C)C)c3ccc([nH]3)c(C3C(C(=O)Oc4ccc([N+](=O)[O-])cc4)C3(C)C)c3nc1C=C3)C=C2. The van der Waals surface area contributed by atoms with Gasteiger partial charge in [-0.25, -0.2) is 9.97 Å². The van der Waals surface area contributed by atoms with Gasteiger partial charge < -0.3 is 28.9 Å². The Labute approximate surface area is 522 Å². The third-order valence-electron chi connectivity index (χ3n) is 19.5. The number of carbonyl (C=O) groups excluding carboxylic acids is 4. The van der Waals surface area contributed by atoms with Crippen LogP contribution in [0.3, 0.4) is 0 Å². The molecule has 24 heteroatoms. The molecule has 466 valence electrons. The van der Waals surface area contributed by atoms with Crippen molar-refractivity contribution in [3.8, 4) is 23.0 Å². The second-order valence-corrected chi connectivity index (χ2v) is 26.5. The molecule has 0 spiro atoms. The van der Waals surface area contributed by atoms with Crippen LogP contribution in [0.15, 0.2) is 121 Å². The molecule has 4 aromatic carbocycles. The third kappa shape index (κ3) is 10.2. The number of hydrogen-bond donors (Lipinski definition) is 2. The molecule has 7 aromatic rings. The number of aromatic nitrogens is 4. The van der Waals surface area contributed by atoms with E-state index in [0.717, 1.165) is 0 Å². The van der Waals surface area contributed by atoms with Crippen LogP contribution in [0.1, 0.15) is 124 Å². The van der Waals surface area contributed by atoms with Gasteiger partial charge in [-0.05, 0) is 119 Å². The Balaban J connectivity index is 1.01. The lowest BCUT2D eigenvalue weighted by Gasteiger charge is -2.08. The van der Waals surface area contributed by atoms with Crippen LogP contribution in [0, 0.1) is 85.8 Å². The average Bonchev–Trinajstić information content (AvgIpc) is 1.55. The summed E-state index contributed by atoms with van der Waals surface area (Å²) < 4.78 is 23.8. The number of benzene rings is 4. The second-order valence-electron chi connectivity index (χ2n) is 26.5. The Morgan fingerprint density at radius 2 is 0.543 bits per heavy atom. The van der Waals surface area contributed by atoms with Gasteiger partial charge in [0.05, 0.1) is 66.1 Å². The van der Waals surface area contributed by atoms with E-state index in [-0.39, 0.29) is 45.7 Å². The molecule has 92 heavy (non-hydrogen) atoms. The van der Waals surface area contributed by atoms with Gasteiger partial charge in [0.25, 0.3) is 22.7 Å². The number of ether oxygens (including phenoxy) is 4. The van der Waals surface area contributed by atoms with E-state index in [4.69, 9.17) is 28.9 Å². The number of nitro groups is 4. The average molecular weight is 1240 g/mol. The fourth-order valence-electron chi connectivity index (χ4n) is 14.3. The van der Waals surface area contributed by atoms with Crippen LogP contribution in [-0.2, 0) is 19.2 Å². The van der Waals surface area contributed by atoms with Gasteiger partial charge in [-0.3, -0.25) is 59.6 Å². The van der Waals surface area contributed by atoms with Crippen molar-refractivity contribution in [3.05, 3.63) is 207 Å². The zero-order valence-electron chi connectivity index (χ0n) is 50.7. The molecule has 4 fully saturated rings. The fourth-order valence-corrected chi connectivity index (χ4v) is 14.3. The molecular weight excluding hydrogens is 1180 g/mol. The quantitative estimate of drug-likeness (QED) is 0.0393. The van der Waals surface area contributed by atoms with Crippen LogP contribution >= 0.6 is 0 Å². The van der Waals surface area contributed by atoms with E-state index in [1.54, 1.807) is 0 Å². The maximum absolute atomic E-state index is 14.5. The number of non-ortho nitro benzene ring substituents is 4. The predicted octanol–water partition coefficient (Wildman–Crippen LogP) is 13.7. The van der Waals surface area contributed by atoms with Gasteiger partial charge in [0.15, 0.2) is 0 Å². The van der Waals surface area contributed by atoms with E-state index in [1.807, 2.05) is 104 Å². The maximum Gasteiger partial charge on any atom is 0.315 e. The number of fused-ring (bicyclic) bond motifs is 8. The molecule has 5 heterocycles. The van der Waals surface area contributed by atoms with Gasteiger partial charge in [-0.15, -0.1) is 0 Å². The van der Waals surface area contributed by atoms with Crippen molar-refractivity contribution in [2.75, 3.05) is 0 Å². The summed E-state index contributed by atoms with van der Waals surface area (Å²) in [5.74, 6) is -7.32. The highest BCUT2D eigenvalue weighted by atomic mass is 16.6. The van der Waals surface area contributed by atoms with E-state index in [9.17, 15) is 59.6 Å². The van der Waals surface area contributed by atoms with Gasteiger partial charge in [0, 0.05) is 117 Å². The number of hydrogen-bond acceptors (Lipinski definition) is 18. The summed E-state index contributed by atoms with van der Waals surface area (Å²) in [7, 11) is 0. The minimum absolute atomic E-state index is 0.104. The summed E-state index contributed by atoms with van der Waals surface area (Å²) in [4.78, 5) is 120. The minimum atomic E-state index is -0.792. The molecule has 0 radical (unpaired) electrons. The lowest BCUT2D eigenvalue weighted by Crippen LogP contribution is -2.14. The molecule has 8 unspecified atom stereocenters. The molecule has 3 aromatic heterocycles. The second kappa shape index (κ2) is 21.3. The van der Waals surface area contributed by atoms with E-state index in [0.29, 0.717) is 67.1 Å². The summed E-state index contributed by atoms with van der Waals surface area (Å²) in [6.07, 6.45) is 7.32. The van der Waals surface area contributed by atoms with Gasteiger partial charge in [0.2, 0.25) is 0 Å². The molecule has 8 atom stereocenters. The molecule has 0 saturated heterocycles. The van der Waals surface area contributed by atoms with E-state index >= 15 is 0 Å². The van der Waals surface area contributed by atoms with Gasteiger partial charge in [0.1, 0.15) is 23.0 Å². The summed E-state index contributed by atoms with van der Waals surface area (Å²) in [6, 6.07) is 28.4. The van der Waals surface area contributed by atoms with E-state index in [1.165, 1.54) is 97.1 Å². The lowest BCUT2D eigenvalue weighted by atomic mass is 10.00. The van der Waals surface area contributed by atoms with Crippen molar-refractivity contribution in [1.29, 1.82) is 0 Å². The first-order valence-electron chi connectivity index (χ1n) is 29.6. The summed E-state index contributed by atoms with van der Waals surface area (Å²) in [5.41, 5.74) is 2.70. The zero-order valence-corrected chi connectivity index (χ0v) is 50.7. The third-order valence-corrected chi connectivity index (χ3v) is 19.5. The number of H-pyrrole nitrogens is 2. The van der Waals surface area contributed by atoms with Crippen molar-refractivity contribution in [3.63, 3.8) is 0 Å². The molecule has 2 N–H and O–H groups in total. The molecule has 0 amide bonds. The smallest absolute Gasteiger partial charge is 0.315 e. The Morgan fingerprint density at radius 1 is 0.337 bits per heavy atom. The first-order valence-corrected chi connectivity index (χ1v) is 29.6. The van der Waals surface area contributed by atoms with Crippen LogP contribution in [0.2, 0.25) is 0 Å². The number of esters is 4.